The van der Waals surface area contributed by atoms with Gasteiger partial charge in [0.1, 0.15) is 5.01 Å². The van der Waals surface area contributed by atoms with Gasteiger partial charge in [0.05, 0.1) is 17.6 Å². The normalized spacial score (nSPS) is 10.8. The standard InChI is InChI=1S/C14H13N3OS/c1-9-8-19-12(17-9)7-16-14(18)11-4-2-3-10-5-6-15-13(10)11/h2-6,8,15H,7H2,1H3,(H,16,18). The molecular weight excluding hydrogens is 258 g/mol. The van der Waals surface area contributed by atoms with Crippen molar-refractivity contribution in [3.8, 4) is 0 Å². The number of hydrogen-bond donors (Lipinski definition) is 2. The fourth-order valence-electron chi connectivity index (χ4n) is 2.01. The van der Waals surface area contributed by atoms with Crippen molar-refractivity contribution in [2.24, 2.45) is 0 Å². The van der Waals surface area contributed by atoms with Crippen LogP contribution < -0.4 is 5.32 Å². The Morgan fingerprint density at radius 1 is 1.42 bits per heavy atom. The summed E-state index contributed by atoms with van der Waals surface area (Å²) in [6.45, 7) is 2.41. The predicted octanol–water partition coefficient (Wildman–Crippen LogP) is 2.86. The lowest BCUT2D eigenvalue weighted by molar-refractivity contribution is 0.0952. The number of carbonyl (C=O) groups is 1. The van der Waals surface area contributed by atoms with Crippen LogP contribution in [0.25, 0.3) is 10.9 Å². The van der Waals surface area contributed by atoms with E-state index in [9.17, 15) is 4.79 Å². The van der Waals surface area contributed by atoms with Gasteiger partial charge in [0.25, 0.3) is 5.91 Å². The molecule has 4 nitrogen and oxygen atoms in total. The number of para-hydroxylation sites is 1. The second-order valence-electron chi connectivity index (χ2n) is 4.31. The van der Waals surface area contributed by atoms with Crippen molar-refractivity contribution >= 4 is 28.1 Å². The molecule has 0 aliphatic carbocycles. The van der Waals surface area contributed by atoms with Crippen LogP contribution in [-0.4, -0.2) is 15.9 Å². The van der Waals surface area contributed by atoms with Crippen molar-refractivity contribution in [2.75, 3.05) is 0 Å². The van der Waals surface area contributed by atoms with Gasteiger partial charge in [-0.25, -0.2) is 4.98 Å². The monoisotopic (exact) mass is 271 g/mol. The van der Waals surface area contributed by atoms with E-state index in [-0.39, 0.29) is 5.91 Å². The Kier molecular flexibility index (Phi) is 3.05. The molecule has 0 atom stereocenters. The van der Waals surface area contributed by atoms with Gasteiger partial charge in [-0.3, -0.25) is 4.79 Å². The van der Waals surface area contributed by atoms with Crippen molar-refractivity contribution in [1.82, 2.24) is 15.3 Å². The number of aryl methyl sites for hydroxylation is 1. The fraction of sp³-hybridized carbons (Fsp3) is 0.143. The zero-order valence-electron chi connectivity index (χ0n) is 10.4. The van der Waals surface area contributed by atoms with Crippen LogP contribution >= 0.6 is 11.3 Å². The van der Waals surface area contributed by atoms with Crippen LogP contribution in [0.1, 0.15) is 21.1 Å². The first-order valence-corrected chi connectivity index (χ1v) is 6.87. The largest absolute Gasteiger partial charge is 0.361 e. The smallest absolute Gasteiger partial charge is 0.253 e. The number of amides is 1. The summed E-state index contributed by atoms with van der Waals surface area (Å²) in [6.07, 6.45) is 1.84. The number of aromatic amines is 1. The van der Waals surface area contributed by atoms with Gasteiger partial charge < -0.3 is 10.3 Å². The Bertz CT molecular complexity index is 729. The van der Waals surface area contributed by atoms with Crippen LogP contribution in [0, 0.1) is 6.92 Å². The highest BCUT2D eigenvalue weighted by molar-refractivity contribution is 7.09. The lowest BCUT2D eigenvalue weighted by Crippen LogP contribution is -2.23. The highest BCUT2D eigenvalue weighted by Crippen LogP contribution is 2.17. The molecule has 2 aromatic heterocycles. The molecule has 0 saturated carbocycles. The molecule has 0 spiro atoms. The summed E-state index contributed by atoms with van der Waals surface area (Å²) in [7, 11) is 0. The molecule has 1 amide bonds. The van der Waals surface area contributed by atoms with Gasteiger partial charge in [-0.05, 0) is 19.1 Å². The van der Waals surface area contributed by atoms with Crippen LogP contribution in [0.3, 0.4) is 0 Å². The number of aromatic nitrogens is 2. The maximum Gasteiger partial charge on any atom is 0.253 e. The van der Waals surface area contributed by atoms with E-state index < -0.39 is 0 Å². The molecule has 0 radical (unpaired) electrons. The maximum absolute atomic E-state index is 12.2. The number of thiazole rings is 1. The lowest BCUT2D eigenvalue weighted by Gasteiger charge is -2.04. The van der Waals surface area contributed by atoms with Gasteiger partial charge in [0.15, 0.2) is 0 Å². The van der Waals surface area contributed by atoms with Crippen molar-refractivity contribution in [3.63, 3.8) is 0 Å². The van der Waals surface area contributed by atoms with Crippen LogP contribution in [0.4, 0.5) is 0 Å². The van der Waals surface area contributed by atoms with Gasteiger partial charge in [0, 0.05) is 22.7 Å². The van der Waals surface area contributed by atoms with Crippen molar-refractivity contribution < 1.29 is 4.79 Å². The first-order chi connectivity index (χ1) is 9.24. The first-order valence-electron chi connectivity index (χ1n) is 5.99. The van der Waals surface area contributed by atoms with E-state index in [1.165, 1.54) is 0 Å². The van der Waals surface area contributed by atoms with E-state index in [1.54, 1.807) is 11.3 Å². The minimum absolute atomic E-state index is 0.0825. The van der Waals surface area contributed by atoms with Crippen LogP contribution in [0.2, 0.25) is 0 Å². The number of fused-ring (bicyclic) bond motifs is 1. The van der Waals surface area contributed by atoms with E-state index in [4.69, 9.17) is 0 Å². The summed E-state index contributed by atoms with van der Waals surface area (Å²) in [5, 5.41) is 6.84. The van der Waals surface area contributed by atoms with Crippen molar-refractivity contribution in [3.05, 3.63) is 52.1 Å². The summed E-state index contributed by atoms with van der Waals surface area (Å²) in [5.41, 5.74) is 2.52. The Morgan fingerprint density at radius 3 is 3.11 bits per heavy atom. The molecule has 2 N–H and O–H groups in total. The minimum Gasteiger partial charge on any atom is -0.361 e. The number of rotatable bonds is 3. The van der Waals surface area contributed by atoms with Crippen LogP contribution in [0.15, 0.2) is 35.8 Å². The Morgan fingerprint density at radius 2 is 2.32 bits per heavy atom. The minimum atomic E-state index is -0.0825. The lowest BCUT2D eigenvalue weighted by atomic mass is 10.1. The summed E-state index contributed by atoms with van der Waals surface area (Å²) >= 11 is 1.56. The molecule has 0 saturated heterocycles. The molecule has 0 fully saturated rings. The predicted molar refractivity (Wildman–Crippen MR) is 76.3 cm³/mol. The SMILES string of the molecule is Cc1csc(CNC(=O)c2cccc3cc[nH]c23)n1. The molecule has 3 rings (SSSR count). The topological polar surface area (TPSA) is 57.8 Å². The Hall–Kier alpha value is -2.14. The van der Waals surface area contributed by atoms with Crippen LogP contribution in [-0.2, 0) is 6.54 Å². The second-order valence-corrected chi connectivity index (χ2v) is 5.26. The summed E-state index contributed by atoms with van der Waals surface area (Å²) in [6, 6.07) is 7.64. The number of H-pyrrole nitrogens is 1. The third-order valence-electron chi connectivity index (χ3n) is 2.90. The molecule has 5 heteroatoms. The van der Waals surface area contributed by atoms with E-state index in [2.05, 4.69) is 15.3 Å². The molecular formula is C14H13N3OS. The molecule has 0 bridgehead atoms. The highest BCUT2D eigenvalue weighted by Gasteiger charge is 2.10. The zero-order valence-corrected chi connectivity index (χ0v) is 11.3. The third kappa shape index (κ3) is 2.37. The molecule has 0 unspecified atom stereocenters. The molecule has 1 aromatic carbocycles. The first kappa shape index (κ1) is 11.9. The third-order valence-corrected chi connectivity index (χ3v) is 3.87. The number of nitrogens with zero attached hydrogens (tertiary/aromatic N) is 1. The fourth-order valence-corrected chi connectivity index (χ4v) is 2.72. The van der Waals surface area contributed by atoms with Gasteiger partial charge in [0.2, 0.25) is 0 Å². The van der Waals surface area contributed by atoms with E-state index in [0.29, 0.717) is 12.1 Å². The molecule has 19 heavy (non-hydrogen) atoms. The molecule has 2 heterocycles. The number of nitrogens with one attached hydrogen (secondary N) is 2. The number of hydrogen-bond acceptors (Lipinski definition) is 3. The van der Waals surface area contributed by atoms with Gasteiger partial charge in [-0.15, -0.1) is 11.3 Å². The quantitative estimate of drug-likeness (QED) is 0.769. The van der Waals surface area contributed by atoms with Gasteiger partial charge >= 0.3 is 0 Å². The average Bonchev–Trinajstić information content (AvgIpc) is 3.03. The summed E-state index contributed by atoms with van der Waals surface area (Å²) in [4.78, 5) is 19.6. The highest BCUT2D eigenvalue weighted by atomic mass is 32.1. The van der Waals surface area contributed by atoms with E-state index >= 15 is 0 Å². The Labute approximate surface area is 114 Å². The second kappa shape index (κ2) is 4.85. The number of carbonyl (C=O) groups excluding carboxylic acids is 1. The van der Waals surface area contributed by atoms with Crippen molar-refractivity contribution in [2.45, 2.75) is 13.5 Å². The zero-order chi connectivity index (χ0) is 13.2. The number of benzene rings is 1. The van der Waals surface area contributed by atoms with E-state index in [0.717, 1.165) is 21.6 Å². The maximum atomic E-state index is 12.2. The summed E-state index contributed by atoms with van der Waals surface area (Å²) < 4.78 is 0. The average molecular weight is 271 g/mol. The van der Waals surface area contributed by atoms with E-state index in [1.807, 2.05) is 42.8 Å². The van der Waals surface area contributed by atoms with Crippen molar-refractivity contribution in [1.29, 1.82) is 0 Å². The van der Waals surface area contributed by atoms with Gasteiger partial charge in [-0.2, -0.15) is 0 Å². The molecule has 3 aromatic rings. The van der Waals surface area contributed by atoms with Crippen LogP contribution in [0.5, 0.6) is 0 Å². The Balaban J connectivity index is 1.78. The summed E-state index contributed by atoms with van der Waals surface area (Å²) in [5.74, 6) is -0.0825. The molecule has 0 aliphatic heterocycles. The molecule has 0 aliphatic rings. The molecule has 96 valence electrons. The van der Waals surface area contributed by atoms with Gasteiger partial charge in [-0.1, -0.05) is 12.1 Å².